The molecule has 0 aromatic carbocycles. The third-order valence-corrected chi connectivity index (χ3v) is 2.20. The number of pyridine rings is 1. The van der Waals surface area contributed by atoms with Crippen molar-refractivity contribution in [2.24, 2.45) is 0 Å². The fourth-order valence-electron chi connectivity index (χ4n) is 1.21. The van der Waals surface area contributed by atoms with Crippen LogP contribution in [-0.4, -0.2) is 47.6 Å². The van der Waals surface area contributed by atoms with Gasteiger partial charge in [0.2, 0.25) is 5.88 Å². The largest absolute Gasteiger partial charge is 0.481 e. The Labute approximate surface area is 98.8 Å². The van der Waals surface area contributed by atoms with Crippen molar-refractivity contribution in [1.82, 2.24) is 9.88 Å². The number of rotatable bonds is 5. The summed E-state index contributed by atoms with van der Waals surface area (Å²) in [5.41, 5.74) is 0.402. The second-order valence-corrected chi connectivity index (χ2v) is 3.46. The van der Waals surface area contributed by atoms with Gasteiger partial charge in [-0.05, 0) is 6.07 Å². The Morgan fingerprint density at radius 1 is 1.47 bits per heavy atom. The van der Waals surface area contributed by atoms with Crippen LogP contribution in [0.2, 0.25) is 0 Å². The molecule has 1 heterocycles. The third-order valence-electron chi connectivity index (χ3n) is 2.20. The Balaban J connectivity index is 2.64. The van der Waals surface area contributed by atoms with Crippen LogP contribution in [0.3, 0.4) is 0 Å². The summed E-state index contributed by atoms with van der Waals surface area (Å²) in [6, 6.07) is 3.17. The van der Waals surface area contributed by atoms with Gasteiger partial charge in [-0.25, -0.2) is 4.98 Å². The topological polar surface area (TPSA) is 79.7 Å². The maximum atomic E-state index is 11.8. The molecule has 0 fully saturated rings. The van der Waals surface area contributed by atoms with E-state index in [1.165, 1.54) is 18.2 Å². The molecule has 0 unspecified atom stereocenters. The summed E-state index contributed by atoms with van der Waals surface area (Å²) in [7, 11) is 3.04. The third kappa shape index (κ3) is 3.75. The van der Waals surface area contributed by atoms with Crippen LogP contribution in [0.4, 0.5) is 0 Å². The van der Waals surface area contributed by atoms with E-state index in [-0.39, 0.29) is 18.9 Å². The number of carboxylic acids is 1. The highest BCUT2D eigenvalue weighted by Gasteiger charge is 2.13. The first-order valence-electron chi connectivity index (χ1n) is 5.02. The number of amides is 1. The fraction of sp³-hybridized carbons (Fsp3) is 0.364. The molecule has 0 aliphatic rings. The highest BCUT2D eigenvalue weighted by Crippen LogP contribution is 2.08. The molecule has 1 aromatic rings. The number of methoxy groups -OCH3 is 1. The zero-order valence-electron chi connectivity index (χ0n) is 9.71. The minimum absolute atomic E-state index is 0.0776. The monoisotopic (exact) mass is 238 g/mol. The summed E-state index contributed by atoms with van der Waals surface area (Å²) in [6.07, 6.45) is 1.32. The molecule has 6 heteroatoms. The molecule has 0 spiro atoms. The van der Waals surface area contributed by atoms with Gasteiger partial charge in [0, 0.05) is 25.9 Å². The van der Waals surface area contributed by atoms with Crippen molar-refractivity contribution in [1.29, 1.82) is 0 Å². The Bertz CT molecular complexity index is 402. The number of aromatic nitrogens is 1. The molecule has 0 radical (unpaired) electrons. The Kier molecular flexibility index (Phi) is 4.45. The normalized spacial score (nSPS) is 9.76. The minimum Gasteiger partial charge on any atom is -0.481 e. The van der Waals surface area contributed by atoms with E-state index in [1.807, 2.05) is 0 Å². The second kappa shape index (κ2) is 5.83. The molecule has 1 aromatic heterocycles. The predicted molar refractivity (Wildman–Crippen MR) is 60.0 cm³/mol. The van der Waals surface area contributed by atoms with E-state index >= 15 is 0 Å². The lowest BCUT2D eigenvalue weighted by Crippen LogP contribution is -2.29. The molecule has 92 valence electrons. The lowest BCUT2D eigenvalue weighted by molar-refractivity contribution is -0.137. The molecule has 17 heavy (non-hydrogen) atoms. The van der Waals surface area contributed by atoms with Gasteiger partial charge in [0.15, 0.2) is 0 Å². The van der Waals surface area contributed by atoms with Gasteiger partial charge in [0.25, 0.3) is 5.91 Å². The van der Waals surface area contributed by atoms with Crippen molar-refractivity contribution in [3.8, 4) is 5.88 Å². The number of hydrogen-bond donors (Lipinski definition) is 1. The second-order valence-electron chi connectivity index (χ2n) is 3.46. The first-order valence-corrected chi connectivity index (χ1v) is 5.02. The minimum atomic E-state index is -0.933. The van der Waals surface area contributed by atoms with Gasteiger partial charge >= 0.3 is 5.97 Å². The van der Waals surface area contributed by atoms with Crippen LogP contribution in [0.15, 0.2) is 18.3 Å². The Morgan fingerprint density at radius 3 is 2.65 bits per heavy atom. The Hall–Kier alpha value is -2.11. The number of hydrogen-bond acceptors (Lipinski definition) is 4. The van der Waals surface area contributed by atoms with Crippen LogP contribution < -0.4 is 4.74 Å². The van der Waals surface area contributed by atoms with E-state index in [0.717, 1.165) is 0 Å². The standard InChI is InChI=1S/C11H14N2O4/c1-13(6-5-10(14)15)11(16)8-3-4-9(17-2)12-7-8/h3-4,7H,5-6H2,1-2H3,(H,14,15). The quantitative estimate of drug-likeness (QED) is 0.814. The fourth-order valence-corrected chi connectivity index (χ4v) is 1.21. The number of carboxylic acid groups (broad SMARTS) is 1. The van der Waals surface area contributed by atoms with E-state index in [2.05, 4.69) is 4.98 Å². The molecule has 0 saturated carbocycles. The molecule has 0 aliphatic carbocycles. The van der Waals surface area contributed by atoms with E-state index < -0.39 is 5.97 Å². The number of aliphatic carboxylic acids is 1. The van der Waals surface area contributed by atoms with Crippen molar-refractivity contribution >= 4 is 11.9 Å². The molecule has 6 nitrogen and oxygen atoms in total. The smallest absolute Gasteiger partial charge is 0.305 e. The summed E-state index contributed by atoms with van der Waals surface area (Å²) >= 11 is 0. The summed E-state index contributed by atoms with van der Waals surface area (Å²) in [6.45, 7) is 0.167. The average molecular weight is 238 g/mol. The van der Waals surface area contributed by atoms with Crippen LogP contribution in [0.25, 0.3) is 0 Å². The summed E-state index contributed by atoms with van der Waals surface area (Å²) in [5.74, 6) is -0.770. The number of carbonyl (C=O) groups is 2. The van der Waals surface area contributed by atoms with Gasteiger partial charge in [-0.2, -0.15) is 0 Å². The Morgan fingerprint density at radius 2 is 2.18 bits per heavy atom. The molecular formula is C11H14N2O4. The van der Waals surface area contributed by atoms with Gasteiger partial charge in [-0.1, -0.05) is 0 Å². The van der Waals surface area contributed by atoms with Crippen LogP contribution in [-0.2, 0) is 4.79 Å². The SMILES string of the molecule is COc1ccc(C(=O)N(C)CCC(=O)O)cn1. The number of nitrogens with zero attached hydrogens (tertiary/aromatic N) is 2. The molecule has 0 bridgehead atoms. The highest BCUT2D eigenvalue weighted by molar-refractivity contribution is 5.93. The summed E-state index contributed by atoms with van der Waals surface area (Å²) in [4.78, 5) is 27.4. The molecule has 0 atom stereocenters. The van der Waals surface area contributed by atoms with Crippen molar-refractivity contribution in [3.05, 3.63) is 23.9 Å². The molecule has 1 rings (SSSR count). The maximum Gasteiger partial charge on any atom is 0.305 e. The van der Waals surface area contributed by atoms with E-state index in [4.69, 9.17) is 9.84 Å². The van der Waals surface area contributed by atoms with Crippen LogP contribution in [0.5, 0.6) is 5.88 Å². The summed E-state index contributed by atoms with van der Waals surface area (Å²) in [5, 5.41) is 8.52. The zero-order valence-corrected chi connectivity index (χ0v) is 9.71. The van der Waals surface area contributed by atoms with Gasteiger partial charge in [0.1, 0.15) is 0 Å². The van der Waals surface area contributed by atoms with Crippen molar-refractivity contribution in [3.63, 3.8) is 0 Å². The van der Waals surface area contributed by atoms with E-state index in [1.54, 1.807) is 19.2 Å². The highest BCUT2D eigenvalue weighted by atomic mass is 16.5. The lowest BCUT2D eigenvalue weighted by Gasteiger charge is -2.15. The van der Waals surface area contributed by atoms with E-state index in [0.29, 0.717) is 11.4 Å². The number of ether oxygens (including phenoxy) is 1. The summed E-state index contributed by atoms with van der Waals surface area (Å²) < 4.78 is 4.87. The number of carbonyl (C=O) groups excluding carboxylic acids is 1. The maximum absolute atomic E-state index is 11.8. The van der Waals surface area contributed by atoms with Gasteiger partial charge < -0.3 is 14.7 Å². The zero-order chi connectivity index (χ0) is 12.8. The average Bonchev–Trinajstić information content (AvgIpc) is 2.35. The molecule has 0 saturated heterocycles. The molecule has 1 amide bonds. The van der Waals surface area contributed by atoms with Crippen molar-refractivity contribution in [2.45, 2.75) is 6.42 Å². The van der Waals surface area contributed by atoms with E-state index in [9.17, 15) is 9.59 Å². The van der Waals surface area contributed by atoms with Crippen LogP contribution >= 0.6 is 0 Å². The van der Waals surface area contributed by atoms with Crippen molar-refractivity contribution in [2.75, 3.05) is 20.7 Å². The molecular weight excluding hydrogens is 224 g/mol. The first-order chi connectivity index (χ1) is 8.04. The van der Waals surface area contributed by atoms with Gasteiger partial charge in [0.05, 0.1) is 19.1 Å². The van der Waals surface area contributed by atoms with Crippen LogP contribution in [0, 0.1) is 0 Å². The first kappa shape index (κ1) is 13.0. The predicted octanol–water partition coefficient (Wildman–Crippen LogP) is 0.637. The lowest BCUT2D eigenvalue weighted by atomic mass is 10.2. The van der Waals surface area contributed by atoms with Gasteiger partial charge in [-0.3, -0.25) is 9.59 Å². The van der Waals surface area contributed by atoms with Crippen molar-refractivity contribution < 1.29 is 19.4 Å². The molecule has 0 aliphatic heterocycles. The molecule has 1 N–H and O–H groups in total. The van der Waals surface area contributed by atoms with Crippen LogP contribution in [0.1, 0.15) is 16.8 Å². The van der Waals surface area contributed by atoms with Gasteiger partial charge in [-0.15, -0.1) is 0 Å².